The fourth-order valence-electron chi connectivity index (χ4n) is 1.85. The number of sulfonamides is 1. The van der Waals surface area contributed by atoms with Crippen molar-refractivity contribution in [1.29, 1.82) is 0 Å². The zero-order valence-electron chi connectivity index (χ0n) is 11.8. The third kappa shape index (κ3) is 4.09. The number of carboxylic acids is 1. The average molecular weight is 337 g/mol. The van der Waals surface area contributed by atoms with Crippen LogP contribution in [0.2, 0.25) is 0 Å². The van der Waals surface area contributed by atoms with E-state index < -0.39 is 22.5 Å². The first-order chi connectivity index (χ1) is 10.4. The minimum absolute atomic E-state index is 0.0400. The summed E-state index contributed by atoms with van der Waals surface area (Å²) in [6.07, 6.45) is 2.00. The van der Waals surface area contributed by atoms with Gasteiger partial charge in [-0.3, -0.25) is 4.79 Å². The summed E-state index contributed by atoms with van der Waals surface area (Å²) in [6, 6.07) is 14.3. The lowest BCUT2D eigenvalue weighted by atomic mass is 10.1. The van der Waals surface area contributed by atoms with Crippen LogP contribution in [-0.4, -0.2) is 32.3 Å². The van der Waals surface area contributed by atoms with Crippen LogP contribution in [0.5, 0.6) is 0 Å². The van der Waals surface area contributed by atoms with E-state index in [4.69, 9.17) is 5.11 Å². The van der Waals surface area contributed by atoms with Crippen LogP contribution < -0.4 is 4.72 Å². The molecule has 2 N–H and O–H groups in total. The zero-order chi connectivity index (χ0) is 16.2. The monoisotopic (exact) mass is 337 g/mol. The van der Waals surface area contributed by atoms with Crippen molar-refractivity contribution in [2.75, 3.05) is 12.8 Å². The van der Waals surface area contributed by atoms with Gasteiger partial charge >= 0.3 is 5.97 Å². The first kappa shape index (κ1) is 16.5. The highest BCUT2D eigenvalue weighted by molar-refractivity contribution is 7.98. The van der Waals surface area contributed by atoms with Crippen LogP contribution in [0.15, 0.2) is 58.3 Å². The number of hydrogen-bond acceptors (Lipinski definition) is 4. The summed E-state index contributed by atoms with van der Waals surface area (Å²) in [5.41, 5.74) is 1.88. The van der Waals surface area contributed by atoms with E-state index >= 15 is 0 Å². The molecule has 0 aliphatic carbocycles. The van der Waals surface area contributed by atoms with Crippen LogP contribution in [-0.2, 0) is 14.8 Å². The first-order valence-electron chi connectivity index (χ1n) is 6.38. The number of nitrogens with one attached hydrogen (secondary N) is 1. The molecule has 116 valence electrons. The van der Waals surface area contributed by atoms with Gasteiger partial charge in [-0.05, 0) is 41.6 Å². The van der Waals surface area contributed by atoms with E-state index in [1.807, 2.05) is 35.2 Å². The van der Waals surface area contributed by atoms with Crippen LogP contribution in [0.3, 0.4) is 0 Å². The Balaban J connectivity index is 2.20. The van der Waals surface area contributed by atoms with Crippen LogP contribution >= 0.6 is 11.8 Å². The molecule has 7 heteroatoms. The van der Waals surface area contributed by atoms with E-state index in [0.29, 0.717) is 0 Å². The van der Waals surface area contributed by atoms with Gasteiger partial charge in [0, 0.05) is 4.90 Å². The van der Waals surface area contributed by atoms with Crippen molar-refractivity contribution in [2.45, 2.75) is 9.79 Å². The zero-order valence-corrected chi connectivity index (χ0v) is 13.4. The normalized spacial score (nSPS) is 11.3. The summed E-state index contributed by atoms with van der Waals surface area (Å²) >= 11 is 1.65. The molecule has 0 radical (unpaired) electrons. The van der Waals surface area contributed by atoms with Gasteiger partial charge in [-0.25, -0.2) is 8.42 Å². The summed E-state index contributed by atoms with van der Waals surface area (Å²) in [6.45, 7) is -0.639. The SMILES string of the molecule is CSc1ccc(-c2ccc(S(=O)(=O)NCC(=O)O)cc2)cc1. The lowest BCUT2D eigenvalue weighted by Crippen LogP contribution is -2.29. The lowest BCUT2D eigenvalue weighted by molar-refractivity contribution is -0.135. The minimum atomic E-state index is -3.80. The van der Waals surface area contributed by atoms with Crippen molar-refractivity contribution in [3.63, 3.8) is 0 Å². The Labute approximate surface area is 133 Å². The Kier molecular flexibility index (Phi) is 5.23. The van der Waals surface area contributed by atoms with Gasteiger partial charge in [-0.15, -0.1) is 11.8 Å². The molecular formula is C15H15NO4S2. The van der Waals surface area contributed by atoms with E-state index in [9.17, 15) is 13.2 Å². The molecule has 5 nitrogen and oxygen atoms in total. The molecule has 0 amide bonds. The van der Waals surface area contributed by atoms with E-state index in [2.05, 4.69) is 0 Å². The largest absolute Gasteiger partial charge is 0.480 e. The quantitative estimate of drug-likeness (QED) is 0.791. The number of hydrogen-bond donors (Lipinski definition) is 2. The maximum absolute atomic E-state index is 11.9. The van der Waals surface area contributed by atoms with Crippen LogP contribution in [0.4, 0.5) is 0 Å². The molecule has 0 aliphatic rings. The summed E-state index contributed by atoms with van der Waals surface area (Å²) in [5, 5.41) is 8.53. The predicted octanol–water partition coefficient (Wildman–Crippen LogP) is 2.44. The Morgan fingerprint density at radius 1 is 1.05 bits per heavy atom. The molecule has 2 aromatic carbocycles. The van der Waals surface area contributed by atoms with E-state index in [1.165, 1.54) is 12.1 Å². The Hall–Kier alpha value is -1.83. The van der Waals surface area contributed by atoms with Gasteiger partial charge in [0.25, 0.3) is 0 Å². The average Bonchev–Trinajstić information content (AvgIpc) is 2.53. The Bertz CT molecular complexity index is 753. The van der Waals surface area contributed by atoms with Gasteiger partial charge in [0.1, 0.15) is 6.54 Å². The van der Waals surface area contributed by atoms with Gasteiger partial charge in [-0.2, -0.15) is 4.72 Å². The van der Waals surface area contributed by atoms with Crippen molar-refractivity contribution in [3.8, 4) is 11.1 Å². The van der Waals surface area contributed by atoms with Gasteiger partial charge < -0.3 is 5.11 Å². The Morgan fingerprint density at radius 3 is 2.00 bits per heavy atom. The minimum Gasteiger partial charge on any atom is -0.480 e. The number of rotatable bonds is 6. The molecule has 0 spiro atoms. The number of carboxylic acid groups (broad SMARTS) is 1. The maximum Gasteiger partial charge on any atom is 0.318 e. The number of carbonyl (C=O) groups is 1. The molecule has 0 fully saturated rings. The summed E-state index contributed by atoms with van der Waals surface area (Å²) < 4.78 is 25.8. The molecule has 22 heavy (non-hydrogen) atoms. The molecule has 0 saturated carbocycles. The van der Waals surface area contributed by atoms with Crippen molar-refractivity contribution in [2.24, 2.45) is 0 Å². The summed E-state index contributed by atoms with van der Waals surface area (Å²) in [4.78, 5) is 11.6. The van der Waals surface area contributed by atoms with Gasteiger partial charge in [-0.1, -0.05) is 24.3 Å². The molecule has 0 heterocycles. The second kappa shape index (κ2) is 6.95. The van der Waals surface area contributed by atoms with Gasteiger partial charge in [0.15, 0.2) is 0 Å². The van der Waals surface area contributed by atoms with Gasteiger partial charge in [0.2, 0.25) is 10.0 Å². The highest BCUT2D eigenvalue weighted by Gasteiger charge is 2.15. The van der Waals surface area contributed by atoms with E-state index in [0.717, 1.165) is 16.0 Å². The van der Waals surface area contributed by atoms with Gasteiger partial charge in [0.05, 0.1) is 4.90 Å². The third-order valence-corrected chi connectivity index (χ3v) is 5.16. The molecule has 2 rings (SSSR count). The molecule has 0 bridgehead atoms. The predicted molar refractivity (Wildman–Crippen MR) is 86.5 cm³/mol. The highest BCUT2D eigenvalue weighted by atomic mass is 32.2. The van der Waals surface area contributed by atoms with Crippen molar-refractivity contribution in [1.82, 2.24) is 4.72 Å². The fourth-order valence-corrected chi connectivity index (χ4v) is 3.23. The number of thioether (sulfide) groups is 1. The second-order valence-electron chi connectivity index (χ2n) is 4.47. The molecule has 0 saturated heterocycles. The molecule has 0 atom stereocenters. The smallest absolute Gasteiger partial charge is 0.318 e. The summed E-state index contributed by atoms with van der Waals surface area (Å²) in [7, 11) is -3.80. The van der Waals surface area contributed by atoms with Crippen molar-refractivity contribution < 1.29 is 18.3 Å². The van der Waals surface area contributed by atoms with E-state index in [1.54, 1.807) is 23.9 Å². The molecule has 0 unspecified atom stereocenters. The molecule has 0 aliphatic heterocycles. The fraction of sp³-hybridized carbons (Fsp3) is 0.133. The van der Waals surface area contributed by atoms with Crippen molar-refractivity contribution >= 4 is 27.8 Å². The summed E-state index contributed by atoms with van der Waals surface area (Å²) in [5.74, 6) is -1.23. The van der Waals surface area contributed by atoms with Crippen molar-refractivity contribution in [3.05, 3.63) is 48.5 Å². The van der Waals surface area contributed by atoms with Crippen LogP contribution in [0.1, 0.15) is 0 Å². The Morgan fingerprint density at radius 2 is 1.55 bits per heavy atom. The topological polar surface area (TPSA) is 83.5 Å². The first-order valence-corrected chi connectivity index (χ1v) is 9.09. The number of aliphatic carboxylic acids is 1. The second-order valence-corrected chi connectivity index (χ2v) is 7.12. The maximum atomic E-state index is 11.9. The number of benzene rings is 2. The van der Waals surface area contributed by atoms with Crippen LogP contribution in [0, 0.1) is 0 Å². The van der Waals surface area contributed by atoms with Crippen LogP contribution in [0.25, 0.3) is 11.1 Å². The highest BCUT2D eigenvalue weighted by Crippen LogP contribution is 2.24. The molecular weight excluding hydrogens is 322 g/mol. The molecule has 2 aromatic rings. The molecule has 0 aromatic heterocycles. The third-order valence-electron chi connectivity index (χ3n) is 3.00. The lowest BCUT2D eigenvalue weighted by Gasteiger charge is -2.07. The van der Waals surface area contributed by atoms with E-state index in [-0.39, 0.29) is 4.90 Å². The standard InChI is InChI=1S/C15H15NO4S2/c1-21-13-6-2-11(3-7-13)12-4-8-14(9-5-12)22(19,20)16-10-15(17)18/h2-9,16H,10H2,1H3,(H,17,18).